The number of carbonyl (C=O) groups excluding carboxylic acids is 2. The van der Waals surface area contributed by atoms with E-state index in [-0.39, 0.29) is 15.6 Å². The maximum absolute atomic E-state index is 13.5. The van der Waals surface area contributed by atoms with Gasteiger partial charge in [0.1, 0.15) is 16.0 Å². The molecule has 3 aromatic rings. The van der Waals surface area contributed by atoms with E-state index in [2.05, 4.69) is 10.6 Å². The summed E-state index contributed by atoms with van der Waals surface area (Å²) in [6, 6.07) is 12.3. The molecule has 4 nitrogen and oxygen atoms in total. The predicted molar refractivity (Wildman–Crippen MR) is 131 cm³/mol. The van der Waals surface area contributed by atoms with Crippen molar-refractivity contribution in [3.05, 3.63) is 93.0 Å². The minimum atomic E-state index is -1.41. The Morgan fingerprint density at radius 2 is 1.59 bits per heavy atom. The molecule has 3 aromatic carbocycles. The molecule has 2 N–H and O–H groups in total. The van der Waals surface area contributed by atoms with Crippen LogP contribution in [0.3, 0.4) is 0 Å². The van der Waals surface area contributed by atoms with E-state index in [4.69, 9.17) is 46.4 Å². The van der Waals surface area contributed by atoms with Gasteiger partial charge in [-0.25, -0.2) is 8.78 Å². The fourth-order valence-electron chi connectivity index (χ4n) is 3.73. The van der Waals surface area contributed by atoms with Crippen LogP contribution in [-0.2, 0) is 4.79 Å². The maximum Gasteiger partial charge on any atom is 0.257 e. The van der Waals surface area contributed by atoms with Gasteiger partial charge in [-0.15, -0.1) is 23.2 Å². The van der Waals surface area contributed by atoms with Gasteiger partial charge in [-0.3, -0.25) is 9.59 Å². The van der Waals surface area contributed by atoms with Gasteiger partial charge in [-0.2, -0.15) is 0 Å². The number of amides is 2. The average molecular weight is 544 g/mol. The third-order valence-corrected chi connectivity index (χ3v) is 7.24. The highest BCUT2D eigenvalue weighted by molar-refractivity contribution is 6.53. The van der Waals surface area contributed by atoms with Gasteiger partial charge in [-0.05, 0) is 66.6 Å². The van der Waals surface area contributed by atoms with Gasteiger partial charge in [0.25, 0.3) is 5.91 Å². The number of rotatable bonds is 5. The van der Waals surface area contributed by atoms with E-state index < -0.39 is 39.6 Å². The van der Waals surface area contributed by atoms with Crippen molar-refractivity contribution in [2.24, 2.45) is 5.92 Å². The Morgan fingerprint density at radius 3 is 2.24 bits per heavy atom. The second-order valence-electron chi connectivity index (χ2n) is 7.91. The molecule has 0 unspecified atom stereocenters. The summed E-state index contributed by atoms with van der Waals surface area (Å²) in [5, 5.41) is 5.45. The van der Waals surface area contributed by atoms with Gasteiger partial charge in [0.15, 0.2) is 0 Å². The fraction of sp³-hybridized carbons (Fsp3) is 0.167. The van der Waals surface area contributed by atoms with Crippen molar-refractivity contribution in [1.82, 2.24) is 0 Å². The lowest BCUT2D eigenvalue weighted by atomic mass is 10.1. The molecular formula is C24H16Cl4F2N2O2. The first kappa shape index (κ1) is 24.7. The summed E-state index contributed by atoms with van der Waals surface area (Å²) >= 11 is 24.9. The lowest BCUT2D eigenvalue weighted by molar-refractivity contribution is -0.117. The Balaban J connectivity index is 1.54. The normalized spacial score (nSPS) is 18.3. The van der Waals surface area contributed by atoms with Gasteiger partial charge in [0, 0.05) is 17.3 Å². The molecule has 1 saturated carbocycles. The van der Waals surface area contributed by atoms with Crippen molar-refractivity contribution in [2.45, 2.75) is 17.2 Å². The number of hydrogen-bond donors (Lipinski definition) is 2. The van der Waals surface area contributed by atoms with Crippen LogP contribution in [0.5, 0.6) is 0 Å². The first-order chi connectivity index (χ1) is 16.0. The average Bonchev–Trinajstić information content (AvgIpc) is 3.36. The number of alkyl halides is 2. The second kappa shape index (κ2) is 9.34. The van der Waals surface area contributed by atoms with Gasteiger partial charge in [-0.1, -0.05) is 29.3 Å². The van der Waals surface area contributed by atoms with Crippen LogP contribution in [0.25, 0.3) is 0 Å². The smallest absolute Gasteiger partial charge is 0.257 e. The summed E-state index contributed by atoms with van der Waals surface area (Å²) < 4.78 is 25.2. The lowest BCUT2D eigenvalue weighted by Gasteiger charge is -2.12. The lowest BCUT2D eigenvalue weighted by Crippen LogP contribution is -2.18. The van der Waals surface area contributed by atoms with Gasteiger partial charge >= 0.3 is 0 Å². The monoisotopic (exact) mass is 542 g/mol. The molecular weight excluding hydrogens is 528 g/mol. The summed E-state index contributed by atoms with van der Waals surface area (Å²) in [7, 11) is 0. The zero-order valence-electron chi connectivity index (χ0n) is 17.4. The molecule has 10 heteroatoms. The van der Waals surface area contributed by atoms with E-state index in [1.807, 2.05) is 0 Å². The predicted octanol–water partition coefficient (Wildman–Crippen LogP) is 7.36. The number of aryl methyl sites for hydroxylation is 1. The molecule has 4 rings (SSSR count). The van der Waals surface area contributed by atoms with E-state index >= 15 is 0 Å². The number of carbonyl (C=O) groups is 2. The number of benzene rings is 3. The van der Waals surface area contributed by atoms with Gasteiger partial charge in [0.2, 0.25) is 5.91 Å². The van der Waals surface area contributed by atoms with Crippen molar-refractivity contribution < 1.29 is 18.4 Å². The SMILES string of the molecule is Cc1cc(NC(=O)[C@H]2[C@H](c3ccc(F)c(Cl)c3)C2(Cl)Cl)cc(C(=O)Nc2ccc(F)cc2)c1Cl. The minimum Gasteiger partial charge on any atom is -0.326 e. The summed E-state index contributed by atoms with van der Waals surface area (Å²) in [5.74, 6) is -3.47. The third kappa shape index (κ3) is 4.86. The maximum atomic E-state index is 13.5. The third-order valence-electron chi connectivity index (χ3n) is 5.51. The fourth-order valence-corrected chi connectivity index (χ4v) is 4.94. The zero-order chi connectivity index (χ0) is 24.8. The number of nitrogens with one attached hydrogen (secondary N) is 2. The van der Waals surface area contributed by atoms with Crippen LogP contribution in [0.2, 0.25) is 10.0 Å². The van der Waals surface area contributed by atoms with Crippen molar-refractivity contribution in [2.75, 3.05) is 10.6 Å². The van der Waals surface area contributed by atoms with Crippen LogP contribution in [0.1, 0.15) is 27.4 Å². The van der Waals surface area contributed by atoms with E-state index in [0.717, 1.165) is 0 Å². The molecule has 1 aliphatic rings. The first-order valence-electron chi connectivity index (χ1n) is 9.99. The molecule has 0 aromatic heterocycles. The Hall–Kier alpha value is -2.38. The summed E-state index contributed by atoms with van der Waals surface area (Å²) in [5.41, 5.74) is 1.88. The highest BCUT2D eigenvalue weighted by atomic mass is 35.5. The highest BCUT2D eigenvalue weighted by Gasteiger charge is 2.67. The number of hydrogen-bond acceptors (Lipinski definition) is 2. The van der Waals surface area contributed by atoms with E-state index in [9.17, 15) is 18.4 Å². The van der Waals surface area contributed by atoms with Crippen molar-refractivity contribution in [3.63, 3.8) is 0 Å². The molecule has 0 spiro atoms. The highest BCUT2D eigenvalue weighted by Crippen LogP contribution is 2.65. The van der Waals surface area contributed by atoms with Crippen LogP contribution < -0.4 is 10.6 Å². The van der Waals surface area contributed by atoms with E-state index in [0.29, 0.717) is 22.5 Å². The number of anilines is 2. The summed E-state index contributed by atoms with van der Waals surface area (Å²) in [6.07, 6.45) is 0. The van der Waals surface area contributed by atoms with Crippen LogP contribution in [0.4, 0.5) is 20.2 Å². The van der Waals surface area contributed by atoms with E-state index in [1.165, 1.54) is 48.5 Å². The molecule has 2 atom stereocenters. The zero-order valence-corrected chi connectivity index (χ0v) is 20.5. The Labute approximate surface area is 214 Å². The molecule has 0 heterocycles. The van der Waals surface area contributed by atoms with Crippen LogP contribution >= 0.6 is 46.4 Å². The molecule has 1 fully saturated rings. The van der Waals surface area contributed by atoms with Crippen LogP contribution in [0, 0.1) is 24.5 Å². The quantitative estimate of drug-likeness (QED) is 0.330. The standard InChI is InChI=1S/C24H16Cl4F2N2O2/c1-11-8-15(10-16(21(11)26)22(33)31-14-5-3-13(29)4-6-14)32-23(34)20-19(24(20,27)28)12-2-7-18(30)17(25)9-12/h2-10,19-20H,1H3,(H,31,33)(H,32,34)/t19-,20+/m0/s1. The minimum absolute atomic E-state index is 0.0992. The Kier molecular flexibility index (Phi) is 6.80. The first-order valence-corrected chi connectivity index (χ1v) is 11.5. The van der Waals surface area contributed by atoms with Gasteiger partial charge < -0.3 is 10.6 Å². The van der Waals surface area contributed by atoms with Crippen LogP contribution in [-0.4, -0.2) is 16.1 Å². The molecule has 176 valence electrons. The second-order valence-corrected chi connectivity index (χ2v) is 10.1. The molecule has 0 radical (unpaired) electrons. The van der Waals surface area contributed by atoms with Crippen LogP contribution in [0.15, 0.2) is 54.6 Å². The van der Waals surface area contributed by atoms with Crippen molar-refractivity contribution in [3.8, 4) is 0 Å². The summed E-state index contributed by atoms with van der Waals surface area (Å²) in [4.78, 5) is 25.7. The van der Waals surface area contributed by atoms with E-state index in [1.54, 1.807) is 13.0 Å². The molecule has 2 amide bonds. The largest absolute Gasteiger partial charge is 0.326 e. The van der Waals surface area contributed by atoms with Crippen molar-refractivity contribution >= 4 is 69.6 Å². The molecule has 1 aliphatic carbocycles. The molecule has 0 aliphatic heterocycles. The van der Waals surface area contributed by atoms with Gasteiger partial charge in [0.05, 0.1) is 21.5 Å². The number of halogens is 6. The van der Waals surface area contributed by atoms with Crippen molar-refractivity contribution in [1.29, 1.82) is 0 Å². The molecule has 0 saturated heterocycles. The molecule has 34 heavy (non-hydrogen) atoms. The Morgan fingerprint density at radius 1 is 0.912 bits per heavy atom. The summed E-state index contributed by atoms with van der Waals surface area (Å²) in [6.45, 7) is 1.68. The topological polar surface area (TPSA) is 58.2 Å². The Bertz CT molecular complexity index is 1300. The molecule has 0 bridgehead atoms.